The standard InChI is InChI=1S/C14H17N3S/c1-9(2)12-7-8-17(16-12)13-10(3)5-4-6-11(13)14(15)18/h4-9H,1-3H3,(H2,15,18). The summed E-state index contributed by atoms with van der Waals surface area (Å²) < 4.78 is 1.86. The minimum Gasteiger partial charge on any atom is -0.389 e. The first kappa shape index (κ1) is 12.8. The predicted octanol–water partition coefficient (Wildman–Crippen LogP) is 2.94. The monoisotopic (exact) mass is 259 g/mol. The zero-order valence-electron chi connectivity index (χ0n) is 10.8. The summed E-state index contributed by atoms with van der Waals surface area (Å²) in [5, 5.41) is 4.59. The zero-order valence-corrected chi connectivity index (χ0v) is 11.7. The van der Waals surface area contributed by atoms with Crippen molar-refractivity contribution in [1.82, 2.24) is 9.78 Å². The Morgan fingerprint density at radius 3 is 2.61 bits per heavy atom. The van der Waals surface area contributed by atoms with Crippen LogP contribution >= 0.6 is 12.2 Å². The molecule has 1 aromatic carbocycles. The average molecular weight is 259 g/mol. The number of benzene rings is 1. The Morgan fingerprint density at radius 2 is 2.06 bits per heavy atom. The lowest BCUT2D eigenvalue weighted by atomic mass is 10.1. The zero-order chi connectivity index (χ0) is 13.3. The molecule has 0 bridgehead atoms. The highest BCUT2D eigenvalue weighted by atomic mass is 32.1. The highest BCUT2D eigenvalue weighted by Crippen LogP contribution is 2.20. The van der Waals surface area contributed by atoms with Crippen LogP contribution in [0, 0.1) is 6.92 Å². The maximum Gasteiger partial charge on any atom is 0.106 e. The van der Waals surface area contributed by atoms with Crippen molar-refractivity contribution >= 4 is 17.2 Å². The van der Waals surface area contributed by atoms with Gasteiger partial charge in [-0.25, -0.2) is 4.68 Å². The lowest BCUT2D eigenvalue weighted by Gasteiger charge is -2.11. The van der Waals surface area contributed by atoms with E-state index in [1.54, 1.807) is 0 Å². The molecule has 1 heterocycles. The van der Waals surface area contributed by atoms with Crippen molar-refractivity contribution in [3.8, 4) is 5.69 Å². The third-order valence-corrected chi connectivity index (χ3v) is 3.15. The highest BCUT2D eigenvalue weighted by molar-refractivity contribution is 7.80. The van der Waals surface area contributed by atoms with Crippen LogP contribution in [0.3, 0.4) is 0 Å². The lowest BCUT2D eigenvalue weighted by molar-refractivity contribution is 0.766. The van der Waals surface area contributed by atoms with Crippen molar-refractivity contribution in [3.63, 3.8) is 0 Å². The molecule has 0 amide bonds. The summed E-state index contributed by atoms with van der Waals surface area (Å²) in [6, 6.07) is 7.95. The fourth-order valence-corrected chi connectivity index (χ4v) is 2.10. The Hall–Kier alpha value is -1.68. The molecule has 2 aromatic rings. The van der Waals surface area contributed by atoms with Gasteiger partial charge in [0.1, 0.15) is 4.99 Å². The van der Waals surface area contributed by atoms with Crippen molar-refractivity contribution in [2.45, 2.75) is 26.7 Å². The molecule has 0 saturated carbocycles. The molecule has 0 aliphatic heterocycles. The molecule has 0 fully saturated rings. The Morgan fingerprint density at radius 1 is 1.33 bits per heavy atom. The molecule has 0 saturated heterocycles. The molecule has 2 rings (SSSR count). The van der Waals surface area contributed by atoms with Crippen molar-refractivity contribution < 1.29 is 0 Å². The van der Waals surface area contributed by atoms with E-state index in [1.807, 2.05) is 42.1 Å². The van der Waals surface area contributed by atoms with Crippen LogP contribution in [0.25, 0.3) is 5.69 Å². The predicted molar refractivity (Wildman–Crippen MR) is 78.3 cm³/mol. The van der Waals surface area contributed by atoms with Crippen LogP contribution in [0.15, 0.2) is 30.5 Å². The second kappa shape index (κ2) is 4.90. The third-order valence-electron chi connectivity index (χ3n) is 2.93. The number of thiocarbonyl (C=S) groups is 1. The molecular formula is C14H17N3S. The molecule has 2 N–H and O–H groups in total. The summed E-state index contributed by atoms with van der Waals surface area (Å²) in [6.45, 7) is 6.28. The summed E-state index contributed by atoms with van der Waals surface area (Å²) in [5.74, 6) is 0.406. The Bertz CT molecular complexity index is 584. The Labute approximate surface area is 113 Å². The molecule has 18 heavy (non-hydrogen) atoms. The number of nitrogens with two attached hydrogens (primary N) is 1. The number of hydrogen-bond donors (Lipinski definition) is 1. The first-order valence-electron chi connectivity index (χ1n) is 5.96. The molecule has 0 aliphatic rings. The molecule has 0 unspecified atom stereocenters. The third kappa shape index (κ3) is 2.29. The van der Waals surface area contributed by atoms with E-state index in [1.165, 1.54) is 0 Å². The molecule has 0 radical (unpaired) electrons. The van der Waals surface area contributed by atoms with Crippen LogP contribution in [0.1, 0.15) is 36.6 Å². The van der Waals surface area contributed by atoms with Gasteiger partial charge in [-0.15, -0.1) is 0 Å². The average Bonchev–Trinajstić information content (AvgIpc) is 2.77. The van der Waals surface area contributed by atoms with Crippen molar-refractivity contribution in [3.05, 3.63) is 47.3 Å². The van der Waals surface area contributed by atoms with E-state index in [9.17, 15) is 0 Å². The van der Waals surface area contributed by atoms with Crippen LogP contribution in [0.4, 0.5) is 0 Å². The SMILES string of the molecule is Cc1cccc(C(N)=S)c1-n1ccc(C(C)C)n1. The van der Waals surface area contributed by atoms with E-state index in [2.05, 4.69) is 18.9 Å². The molecule has 0 spiro atoms. The van der Waals surface area contributed by atoms with Gasteiger partial charge in [-0.05, 0) is 30.5 Å². The minimum atomic E-state index is 0.398. The van der Waals surface area contributed by atoms with E-state index < -0.39 is 0 Å². The summed E-state index contributed by atoms with van der Waals surface area (Å²) >= 11 is 5.10. The van der Waals surface area contributed by atoms with E-state index >= 15 is 0 Å². The second-order valence-corrected chi connectivity index (χ2v) is 5.12. The molecule has 1 aromatic heterocycles. The second-order valence-electron chi connectivity index (χ2n) is 4.68. The minimum absolute atomic E-state index is 0.398. The fraction of sp³-hybridized carbons (Fsp3) is 0.286. The summed E-state index contributed by atoms with van der Waals surface area (Å²) in [4.78, 5) is 0.398. The number of aromatic nitrogens is 2. The van der Waals surface area contributed by atoms with E-state index in [-0.39, 0.29) is 0 Å². The van der Waals surface area contributed by atoms with Crippen LogP contribution in [0.5, 0.6) is 0 Å². The maximum absolute atomic E-state index is 5.78. The molecule has 4 heteroatoms. The van der Waals surface area contributed by atoms with Crippen LogP contribution in [0.2, 0.25) is 0 Å². The van der Waals surface area contributed by atoms with Gasteiger partial charge in [0.2, 0.25) is 0 Å². The topological polar surface area (TPSA) is 43.8 Å². The van der Waals surface area contributed by atoms with Gasteiger partial charge in [0, 0.05) is 11.8 Å². The molecular weight excluding hydrogens is 242 g/mol. The maximum atomic E-state index is 5.78. The number of aryl methyl sites for hydroxylation is 1. The van der Waals surface area contributed by atoms with Crippen LogP contribution in [-0.2, 0) is 0 Å². The van der Waals surface area contributed by atoms with Gasteiger partial charge < -0.3 is 5.73 Å². The number of rotatable bonds is 3. The van der Waals surface area contributed by atoms with Crippen LogP contribution in [-0.4, -0.2) is 14.8 Å². The van der Waals surface area contributed by atoms with Crippen LogP contribution < -0.4 is 5.73 Å². The largest absolute Gasteiger partial charge is 0.389 e. The van der Waals surface area contributed by atoms with Gasteiger partial charge in [0.15, 0.2) is 0 Å². The van der Waals surface area contributed by atoms with Gasteiger partial charge in [0.05, 0.1) is 11.4 Å². The molecule has 94 valence electrons. The number of hydrogen-bond acceptors (Lipinski definition) is 2. The van der Waals surface area contributed by atoms with Gasteiger partial charge in [-0.3, -0.25) is 0 Å². The first-order chi connectivity index (χ1) is 8.50. The molecule has 0 aliphatic carbocycles. The Balaban J connectivity index is 2.58. The number of nitrogens with zero attached hydrogens (tertiary/aromatic N) is 2. The van der Waals surface area contributed by atoms with Gasteiger partial charge >= 0.3 is 0 Å². The summed E-state index contributed by atoms with van der Waals surface area (Å²) in [7, 11) is 0. The first-order valence-corrected chi connectivity index (χ1v) is 6.37. The molecule has 0 atom stereocenters. The van der Waals surface area contributed by atoms with E-state index in [0.29, 0.717) is 10.9 Å². The summed E-state index contributed by atoms with van der Waals surface area (Å²) in [5.41, 5.74) is 9.78. The number of para-hydroxylation sites is 1. The normalized spacial score (nSPS) is 10.9. The highest BCUT2D eigenvalue weighted by Gasteiger charge is 2.12. The van der Waals surface area contributed by atoms with Gasteiger partial charge in [-0.1, -0.05) is 38.2 Å². The Kier molecular flexibility index (Phi) is 3.48. The van der Waals surface area contributed by atoms with Gasteiger partial charge in [0.25, 0.3) is 0 Å². The van der Waals surface area contributed by atoms with Gasteiger partial charge in [-0.2, -0.15) is 5.10 Å². The van der Waals surface area contributed by atoms with E-state index in [4.69, 9.17) is 18.0 Å². The molecule has 3 nitrogen and oxygen atoms in total. The smallest absolute Gasteiger partial charge is 0.106 e. The summed E-state index contributed by atoms with van der Waals surface area (Å²) in [6.07, 6.45) is 1.96. The van der Waals surface area contributed by atoms with E-state index in [0.717, 1.165) is 22.5 Å². The van der Waals surface area contributed by atoms with Crippen molar-refractivity contribution in [2.24, 2.45) is 5.73 Å². The van der Waals surface area contributed by atoms with Crippen molar-refractivity contribution in [1.29, 1.82) is 0 Å². The lowest BCUT2D eigenvalue weighted by Crippen LogP contribution is -2.14. The quantitative estimate of drug-likeness (QED) is 0.862. The fourth-order valence-electron chi connectivity index (χ4n) is 1.93. The van der Waals surface area contributed by atoms with Crippen molar-refractivity contribution in [2.75, 3.05) is 0 Å².